The summed E-state index contributed by atoms with van der Waals surface area (Å²) in [5, 5.41) is 20.7. The Bertz CT molecular complexity index is 419. The van der Waals surface area contributed by atoms with E-state index in [0.29, 0.717) is 6.42 Å². The molecule has 0 saturated carbocycles. The molecule has 0 unspecified atom stereocenters. The van der Waals surface area contributed by atoms with Gasteiger partial charge in [0.15, 0.2) is 5.82 Å². The van der Waals surface area contributed by atoms with Gasteiger partial charge in [-0.05, 0) is 0 Å². The van der Waals surface area contributed by atoms with Crippen LogP contribution in [0.15, 0.2) is 18.5 Å². The maximum atomic E-state index is 8.71. The van der Waals surface area contributed by atoms with Crippen LogP contribution in [0.3, 0.4) is 0 Å². The molecule has 2 heterocycles. The van der Waals surface area contributed by atoms with Crippen molar-refractivity contribution in [1.29, 1.82) is 0 Å². The van der Waals surface area contributed by atoms with Gasteiger partial charge in [-0.3, -0.25) is 4.68 Å². The van der Waals surface area contributed by atoms with Crippen LogP contribution in [0.5, 0.6) is 0 Å². The van der Waals surface area contributed by atoms with Gasteiger partial charge in [0.25, 0.3) is 0 Å². The summed E-state index contributed by atoms with van der Waals surface area (Å²) in [4.78, 5) is 0. The van der Waals surface area contributed by atoms with Gasteiger partial charge in [0.2, 0.25) is 0 Å². The normalized spacial score (nSPS) is 10.7. The first-order valence-electron chi connectivity index (χ1n) is 4.31. The van der Waals surface area contributed by atoms with Crippen molar-refractivity contribution in [3.63, 3.8) is 0 Å². The van der Waals surface area contributed by atoms with E-state index in [1.54, 1.807) is 15.6 Å². The molecule has 0 bridgehead atoms. The van der Waals surface area contributed by atoms with Crippen LogP contribution in [0.4, 0.5) is 0 Å². The second-order valence-corrected chi connectivity index (χ2v) is 2.98. The van der Waals surface area contributed by atoms with Gasteiger partial charge in [0.05, 0.1) is 11.9 Å². The maximum Gasteiger partial charge on any atom is 0.176 e. The number of hydrogen-bond acceptors (Lipinski definition) is 4. The lowest BCUT2D eigenvalue weighted by molar-refractivity contribution is 0.298. The van der Waals surface area contributed by atoms with Crippen LogP contribution in [0.1, 0.15) is 5.69 Å². The highest BCUT2D eigenvalue weighted by Gasteiger charge is 2.03. The molecule has 0 aliphatic carbocycles. The quantitative estimate of drug-likeness (QED) is 0.716. The van der Waals surface area contributed by atoms with E-state index in [4.69, 9.17) is 5.11 Å². The summed E-state index contributed by atoms with van der Waals surface area (Å²) < 4.78 is 3.29. The molecule has 0 amide bonds. The molecule has 2 aromatic rings. The third kappa shape index (κ3) is 1.64. The molecule has 2 aromatic heterocycles. The predicted molar refractivity (Wildman–Crippen MR) is 48.9 cm³/mol. The Kier molecular flexibility index (Phi) is 2.28. The molecule has 0 aliphatic heterocycles. The second-order valence-electron chi connectivity index (χ2n) is 2.98. The predicted octanol–water partition coefficient (Wildman–Crippen LogP) is -0.464. The summed E-state index contributed by atoms with van der Waals surface area (Å²) in [5.41, 5.74) is 0.762. The van der Waals surface area contributed by atoms with Gasteiger partial charge >= 0.3 is 0 Å². The lowest BCUT2D eigenvalue weighted by atomic mass is 10.3. The summed E-state index contributed by atoms with van der Waals surface area (Å²) in [6, 6.07) is 1.84. The van der Waals surface area contributed by atoms with Crippen molar-refractivity contribution < 1.29 is 5.11 Å². The summed E-state index contributed by atoms with van der Waals surface area (Å²) in [5.74, 6) is 0.726. The highest BCUT2D eigenvalue weighted by atomic mass is 16.3. The zero-order valence-electron chi connectivity index (χ0n) is 7.83. The first-order valence-corrected chi connectivity index (χ1v) is 4.31. The van der Waals surface area contributed by atoms with Gasteiger partial charge in [-0.2, -0.15) is 5.10 Å². The number of aryl methyl sites for hydroxylation is 1. The largest absolute Gasteiger partial charge is 0.396 e. The summed E-state index contributed by atoms with van der Waals surface area (Å²) >= 11 is 0. The van der Waals surface area contributed by atoms with E-state index in [1.807, 2.05) is 19.3 Å². The van der Waals surface area contributed by atoms with Crippen molar-refractivity contribution in [3.8, 4) is 5.82 Å². The molecular weight excluding hydrogens is 182 g/mol. The van der Waals surface area contributed by atoms with Crippen molar-refractivity contribution in [3.05, 3.63) is 24.2 Å². The molecule has 0 aromatic carbocycles. The van der Waals surface area contributed by atoms with E-state index in [1.165, 1.54) is 0 Å². The Morgan fingerprint density at radius 3 is 3.00 bits per heavy atom. The van der Waals surface area contributed by atoms with Crippen LogP contribution in [-0.2, 0) is 13.5 Å². The minimum absolute atomic E-state index is 0.0842. The number of nitrogens with zero attached hydrogens (tertiary/aromatic N) is 5. The number of hydrogen-bond donors (Lipinski definition) is 1. The van der Waals surface area contributed by atoms with Crippen LogP contribution in [0.25, 0.3) is 5.82 Å². The molecule has 14 heavy (non-hydrogen) atoms. The third-order valence-corrected chi connectivity index (χ3v) is 1.84. The van der Waals surface area contributed by atoms with Crippen molar-refractivity contribution in [2.75, 3.05) is 6.61 Å². The standard InChI is InChI=1S/C8H11N5O/c1-12-4-2-8(10-12)13-6-7(3-5-14)9-11-13/h2,4,6,14H,3,5H2,1H3. The van der Waals surface area contributed by atoms with Gasteiger partial charge in [-0.1, -0.05) is 5.21 Å². The lowest BCUT2D eigenvalue weighted by Gasteiger charge is -1.91. The minimum Gasteiger partial charge on any atom is -0.396 e. The van der Waals surface area contributed by atoms with Crippen LogP contribution < -0.4 is 0 Å². The average molecular weight is 193 g/mol. The first-order chi connectivity index (χ1) is 6.79. The Morgan fingerprint density at radius 1 is 1.50 bits per heavy atom. The first kappa shape index (κ1) is 8.89. The monoisotopic (exact) mass is 193 g/mol. The maximum absolute atomic E-state index is 8.71. The molecule has 2 rings (SSSR count). The van der Waals surface area contributed by atoms with Crippen LogP contribution >= 0.6 is 0 Å². The molecule has 0 atom stereocenters. The van der Waals surface area contributed by atoms with Crippen molar-refractivity contribution in [2.24, 2.45) is 7.05 Å². The Hall–Kier alpha value is -1.69. The van der Waals surface area contributed by atoms with E-state index in [0.717, 1.165) is 11.5 Å². The summed E-state index contributed by atoms with van der Waals surface area (Å²) in [7, 11) is 1.84. The van der Waals surface area contributed by atoms with Crippen molar-refractivity contribution in [1.82, 2.24) is 24.8 Å². The third-order valence-electron chi connectivity index (χ3n) is 1.84. The van der Waals surface area contributed by atoms with E-state index >= 15 is 0 Å². The SMILES string of the molecule is Cn1ccc(-n2cc(CCO)nn2)n1. The van der Waals surface area contributed by atoms with E-state index in [-0.39, 0.29) is 6.61 Å². The zero-order chi connectivity index (χ0) is 9.97. The van der Waals surface area contributed by atoms with Crippen molar-refractivity contribution >= 4 is 0 Å². The Morgan fingerprint density at radius 2 is 2.36 bits per heavy atom. The minimum atomic E-state index is 0.0842. The fourth-order valence-electron chi connectivity index (χ4n) is 1.16. The van der Waals surface area contributed by atoms with Crippen molar-refractivity contribution in [2.45, 2.75) is 6.42 Å². The molecule has 6 nitrogen and oxygen atoms in total. The van der Waals surface area contributed by atoms with Gasteiger partial charge in [-0.15, -0.1) is 5.10 Å². The van der Waals surface area contributed by atoms with E-state index in [2.05, 4.69) is 15.4 Å². The highest BCUT2D eigenvalue weighted by Crippen LogP contribution is 2.02. The zero-order valence-corrected chi connectivity index (χ0v) is 7.83. The van der Waals surface area contributed by atoms with E-state index in [9.17, 15) is 0 Å². The molecule has 6 heteroatoms. The van der Waals surface area contributed by atoms with Gasteiger partial charge in [0, 0.05) is 32.3 Å². The molecule has 0 saturated heterocycles. The smallest absolute Gasteiger partial charge is 0.176 e. The fourth-order valence-corrected chi connectivity index (χ4v) is 1.16. The van der Waals surface area contributed by atoms with Gasteiger partial charge < -0.3 is 5.11 Å². The van der Waals surface area contributed by atoms with Crippen LogP contribution in [0, 0.1) is 0 Å². The van der Waals surface area contributed by atoms with Crippen LogP contribution in [0.2, 0.25) is 0 Å². The lowest BCUT2D eigenvalue weighted by Crippen LogP contribution is -1.97. The fraction of sp³-hybridized carbons (Fsp3) is 0.375. The second kappa shape index (κ2) is 3.59. The molecular formula is C8H11N5O. The molecule has 74 valence electrons. The molecule has 0 spiro atoms. The number of aliphatic hydroxyl groups is 1. The molecule has 0 aliphatic rings. The highest BCUT2D eigenvalue weighted by molar-refractivity contribution is 5.18. The Labute approximate surface area is 80.8 Å². The molecule has 0 fully saturated rings. The number of aliphatic hydroxyl groups excluding tert-OH is 1. The summed E-state index contributed by atoms with van der Waals surface area (Å²) in [6.45, 7) is 0.0842. The van der Waals surface area contributed by atoms with Gasteiger partial charge in [-0.25, -0.2) is 4.68 Å². The topological polar surface area (TPSA) is 68.8 Å². The average Bonchev–Trinajstić information content (AvgIpc) is 2.74. The Balaban J connectivity index is 2.24. The molecule has 0 radical (unpaired) electrons. The number of rotatable bonds is 3. The number of aromatic nitrogens is 5. The molecule has 1 N–H and O–H groups in total. The van der Waals surface area contributed by atoms with E-state index < -0.39 is 0 Å². The summed E-state index contributed by atoms with van der Waals surface area (Å²) in [6.07, 6.45) is 4.12. The van der Waals surface area contributed by atoms with Gasteiger partial charge in [0.1, 0.15) is 0 Å². The van der Waals surface area contributed by atoms with Crippen LogP contribution in [-0.4, -0.2) is 36.5 Å².